The van der Waals surface area contributed by atoms with Gasteiger partial charge in [0, 0.05) is 88.4 Å². The van der Waals surface area contributed by atoms with Crippen LogP contribution in [-0.2, 0) is 67.3 Å². The van der Waals surface area contributed by atoms with E-state index in [2.05, 4.69) is 37.2 Å². The van der Waals surface area contributed by atoms with E-state index in [0.717, 1.165) is 106 Å². The van der Waals surface area contributed by atoms with Gasteiger partial charge in [-0.1, -0.05) is 126 Å². The van der Waals surface area contributed by atoms with Crippen LogP contribution in [0.2, 0.25) is 10.0 Å². The summed E-state index contributed by atoms with van der Waals surface area (Å²) in [4.78, 5) is 127. The van der Waals surface area contributed by atoms with Crippen molar-refractivity contribution < 1.29 is 138 Å². The maximum atomic E-state index is 17.0. The monoisotopic (exact) mass is 1960 g/mol. The number of carbonyl (C=O) groups excluding carboxylic acids is 6. The molecule has 10 heterocycles. The lowest BCUT2D eigenvalue weighted by Crippen LogP contribution is -2.65. The minimum atomic E-state index is -2.48. The molecule has 8 aliphatic heterocycles. The van der Waals surface area contributed by atoms with Gasteiger partial charge in [0.15, 0.2) is 35.1 Å². The quantitative estimate of drug-likeness (QED) is 0.0464. The Morgan fingerprint density at radius 3 is 1.77 bits per heavy atom. The van der Waals surface area contributed by atoms with E-state index in [4.69, 9.17) is 56.4 Å². The molecule has 21 rings (SSSR count). The van der Waals surface area contributed by atoms with Gasteiger partial charge >= 0.3 is 11.9 Å². The standard InChI is InChI=1S/C101H88Cl2N10O28/c1-111(41-51-43-113(53-14-6-3-7-15-53)65-19-11-9-17-58(51)65)83-47-23-28-67(117)70(33-47)136-56-38-61(76(103)68(118)39-56)79-95(128)107-78-49-34-72(135-55-25-20-45(21-26-55)30-63(92(125)108-79)105-97(83)130)90(140-100-82(86(121)88(123)91(141-100)99(133)134)104-40-50-42-112(52-12-4-2-5-13-52)64-18-10-8-16-57(50)64)73(35-49)137-69-29-24-48(32-62(69)102)84(119)81-96(129)109-80(98(131)132)60-36-54(115)37-71(138-101-89(124)87(122)85(120)74(44-114)139-101)75(60)59-31-46(22-27-66(59)116)77(93(126)110-81)106-94(78)127/h2-29,31-39,42-43,63,74,77-89,91,100-101,104,114-124H,30,40-41,44H2,1H3,(H,105,130)(H,106,127)(H,107,128)(H,108,125)(H,109,129)(H,110,126)(H,131,132)(H,133,134)/t63-,74-,77-,78-,79+,80+,81?,82?,83-,84-,85-,86-,87+,88?,89+,91?,100-,101+/m1/s1. The van der Waals surface area contributed by atoms with Gasteiger partial charge < -0.3 is 146 Å². The summed E-state index contributed by atoms with van der Waals surface area (Å²) >= 11 is 14.5. The lowest BCUT2D eigenvalue weighted by molar-refractivity contribution is -0.277. The number of para-hydroxylation sites is 4. The van der Waals surface area contributed by atoms with Crippen molar-refractivity contribution in [3.8, 4) is 91.5 Å². The second-order valence-corrected chi connectivity index (χ2v) is 35.5. The van der Waals surface area contributed by atoms with Gasteiger partial charge in [-0.05, 0) is 155 Å². The Morgan fingerprint density at radius 2 is 1.09 bits per heavy atom. The number of hydrogen-bond acceptors (Lipinski definition) is 28. The van der Waals surface area contributed by atoms with Gasteiger partial charge in [0.2, 0.25) is 53.8 Å². The number of amides is 6. The van der Waals surface area contributed by atoms with Crippen molar-refractivity contribution in [3.63, 3.8) is 0 Å². The Bertz CT molecular complexity index is 7140. The largest absolute Gasteiger partial charge is 0.508 e. The number of nitrogens with one attached hydrogen (secondary N) is 7. The van der Waals surface area contributed by atoms with Crippen molar-refractivity contribution in [2.24, 2.45) is 0 Å². The zero-order valence-corrected chi connectivity index (χ0v) is 75.3. The highest BCUT2D eigenvalue weighted by Crippen LogP contribution is 2.51. The highest BCUT2D eigenvalue weighted by molar-refractivity contribution is 6.33. The highest BCUT2D eigenvalue weighted by atomic mass is 35.5. The Balaban J connectivity index is 0.804. The molecule has 17 bridgehead atoms. The first kappa shape index (κ1) is 94.6. The molecule has 18 atom stereocenters. The van der Waals surface area contributed by atoms with E-state index in [0.29, 0.717) is 10.9 Å². The average molecular weight is 1960 g/mol. The number of benzene rings is 11. The molecule has 40 heteroatoms. The fourth-order valence-corrected chi connectivity index (χ4v) is 19.0. The number of ether oxygens (including phenoxy) is 7. The summed E-state index contributed by atoms with van der Waals surface area (Å²) < 4.78 is 49.2. The Labute approximate surface area is 808 Å². The van der Waals surface area contributed by atoms with E-state index in [-0.39, 0.29) is 47.0 Å². The number of aromatic nitrogens is 2. The summed E-state index contributed by atoms with van der Waals surface area (Å²) in [5.74, 6) is -18.6. The van der Waals surface area contributed by atoms with Crippen LogP contribution in [0.25, 0.3) is 44.3 Å². The molecule has 0 spiro atoms. The second-order valence-electron chi connectivity index (χ2n) is 34.7. The molecule has 8 aliphatic rings. The van der Waals surface area contributed by atoms with Crippen LogP contribution < -0.4 is 60.9 Å². The number of carboxylic acid groups (broad SMARTS) is 2. The lowest BCUT2D eigenvalue weighted by Gasteiger charge is -2.41. The van der Waals surface area contributed by atoms with Gasteiger partial charge in [-0.3, -0.25) is 33.7 Å². The Hall–Kier alpha value is -15.4. The number of aliphatic hydroxyl groups is 7. The number of fused-ring (bicyclic) bond motifs is 16. The van der Waals surface area contributed by atoms with Crippen LogP contribution in [-0.4, -0.2) is 215 Å². The molecule has 20 N–H and O–H groups in total. The third-order valence-corrected chi connectivity index (χ3v) is 26.3. The summed E-state index contributed by atoms with van der Waals surface area (Å²) in [5, 5.41) is 170. The van der Waals surface area contributed by atoms with Crippen molar-refractivity contribution in [1.29, 1.82) is 0 Å². The number of aliphatic carboxylic acids is 2. The molecule has 6 amide bonds. The van der Waals surface area contributed by atoms with Gasteiger partial charge in [0.25, 0.3) is 0 Å². The molecule has 4 unspecified atom stereocenters. The number of carbonyl (C=O) groups is 8. The number of hydrogen-bond donors (Lipinski definition) is 20. The molecule has 724 valence electrons. The van der Waals surface area contributed by atoms with Gasteiger partial charge in [0.1, 0.15) is 119 Å². The SMILES string of the molecule is CN(Cc1cn(-c2ccccc2)c2ccccc12)[C@H]1C(=O)N[C@@H]2Cc3ccc(cc3)Oc3cc4cc(c3O[C@@H]3OC(C(=O)O)C(O)[C@H](O)C3NCc3cn(-c5ccccc5)c5ccccc35)Oc3ccc(cc3Cl)[C@@H](O)C3NC(=O)[C@H](NC(=O)[C@@H]4NC(=O)[C@@H](NC2=O)c2cc(cc(O)c2Cl)Oc2cc1ccc2O)c1ccc(O)c(c1)-c1c(O[C@H]2O[C@H](CO)[C@@H](O)[C@H](O)[C@@H]2O)cc(O)cc1[C@@H](C(=O)O)NC3=O. The zero-order valence-electron chi connectivity index (χ0n) is 73.8. The molecule has 11 aromatic carbocycles. The zero-order chi connectivity index (χ0) is 98.9. The maximum Gasteiger partial charge on any atom is 0.335 e. The van der Waals surface area contributed by atoms with Crippen molar-refractivity contribution in [1.82, 2.24) is 51.3 Å². The molecule has 2 aromatic heterocycles. The van der Waals surface area contributed by atoms with Crippen molar-refractivity contribution in [2.75, 3.05) is 13.7 Å². The van der Waals surface area contributed by atoms with Crippen LogP contribution in [0.15, 0.2) is 237 Å². The highest BCUT2D eigenvalue weighted by Gasteiger charge is 2.52. The first-order chi connectivity index (χ1) is 67.8. The van der Waals surface area contributed by atoms with Crippen LogP contribution in [0.5, 0.6) is 69.0 Å². The Kier molecular flexibility index (Phi) is 26.0. The number of phenolic OH excluding ortho intramolecular Hbond substituents is 4. The van der Waals surface area contributed by atoms with Crippen LogP contribution in [0.4, 0.5) is 0 Å². The van der Waals surface area contributed by atoms with Crippen LogP contribution in [0.1, 0.15) is 86.4 Å². The number of halogens is 2. The number of rotatable bonds is 15. The van der Waals surface area contributed by atoms with E-state index in [1.807, 2.05) is 125 Å². The normalized spacial score (nSPS) is 24.6. The number of nitrogens with zero attached hydrogens (tertiary/aromatic N) is 3. The average Bonchev–Trinajstić information content (AvgIpc) is 1.75. The molecule has 38 nitrogen and oxygen atoms in total. The lowest BCUT2D eigenvalue weighted by atomic mass is 9.89. The minimum Gasteiger partial charge on any atom is -0.508 e. The van der Waals surface area contributed by atoms with Gasteiger partial charge in [-0.15, -0.1) is 0 Å². The number of likely N-dealkylation sites (N-methyl/N-ethyl adjacent to an activating group) is 1. The Morgan fingerprint density at radius 1 is 0.489 bits per heavy atom. The summed E-state index contributed by atoms with van der Waals surface area (Å²) in [7, 11) is 1.66. The van der Waals surface area contributed by atoms with E-state index in [1.54, 1.807) is 18.0 Å². The van der Waals surface area contributed by atoms with E-state index in [1.165, 1.54) is 42.5 Å². The van der Waals surface area contributed by atoms with Crippen LogP contribution >= 0.6 is 23.2 Å². The third kappa shape index (κ3) is 18.5. The number of phenols is 4. The van der Waals surface area contributed by atoms with Crippen LogP contribution in [0.3, 0.4) is 0 Å². The third-order valence-electron chi connectivity index (χ3n) is 25.6. The first-order valence-electron chi connectivity index (χ1n) is 44.3. The smallest absolute Gasteiger partial charge is 0.335 e. The fraction of sp³-hybridized carbons (Fsp3) is 0.228. The summed E-state index contributed by atoms with van der Waals surface area (Å²) in [6.07, 6.45) is -17.9. The molecule has 13 aromatic rings. The molecule has 2 fully saturated rings. The number of carboxylic acids is 2. The van der Waals surface area contributed by atoms with Gasteiger partial charge in [0.05, 0.1) is 33.7 Å². The summed E-state index contributed by atoms with van der Waals surface area (Å²) in [6, 6.07) is 38.9. The topological polar surface area (TPSA) is 561 Å². The molecular formula is C101H88Cl2N10O28. The molecule has 0 aliphatic carbocycles. The van der Waals surface area contributed by atoms with E-state index in [9.17, 15) is 76.0 Å². The van der Waals surface area contributed by atoms with Crippen molar-refractivity contribution in [2.45, 2.75) is 129 Å². The van der Waals surface area contributed by atoms with E-state index >= 15 is 28.8 Å². The minimum absolute atomic E-state index is 0.0370. The molecule has 2 saturated heterocycles. The number of aromatic hydroxyl groups is 4. The molecular weight excluding hydrogens is 1870 g/mol. The maximum absolute atomic E-state index is 17.0. The number of aliphatic hydroxyl groups excluding tert-OH is 7. The molecule has 141 heavy (non-hydrogen) atoms. The predicted molar refractivity (Wildman–Crippen MR) is 499 cm³/mol. The van der Waals surface area contributed by atoms with Gasteiger partial charge in [-0.25, -0.2) is 9.59 Å². The van der Waals surface area contributed by atoms with Crippen molar-refractivity contribution in [3.05, 3.63) is 297 Å². The molecule has 0 saturated carbocycles. The van der Waals surface area contributed by atoms with E-state index < -0.39 is 265 Å². The second kappa shape index (κ2) is 38.8. The molecule has 0 radical (unpaired) electrons. The van der Waals surface area contributed by atoms with Gasteiger partial charge in [-0.2, -0.15) is 0 Å². The fourth-order valence-electron chi connectivity index (χ4n) is 18.6. The van der Waals surface area contributed by atoms with Crippen molar-refractivity contribution >= 4 is 92.4 Å². The predicted octanol–water partition coefficient (Wildman–Crippen LogP) is 7.88. The first-order valence-corrected chi connectivity index (χ1v) is 45.0. The van der Waals surface area contributed by atoms with Crippen LogP contribution in [0, 0.1) is 0 Å². The summed E-state index contributed by atoms with van der Waals surface area (Å²) in [5.41, 5.74) is 1.26. The summed E-state index contributed by atoms with van der Waals surface area (Å²) in [6.45, 7) is -1.13.